The molecule has 1 fully saturated rings. The number of sulfonamides is 1. The van der Waals surface area contributed by atoms with Crippen LogP contribution >= 0.6 is 0 Å². The molecule has 0 aliphatic carbocycles. The van der Waals surface area contributed by atoms with Crippen LogP contribution in [0.4, 0.5) is 0 Å². The van der Waals surface area contributed by atoms with Gasteiger partial charge in [-0.15, -0.1) is 0 Å². The van der Waals surface area contributed by atoms with E-state index in [1.165, 1.54) is 0 Å². The summed E-state index contributed by atoms with van der Waals surface area (Å²) in [5, 5.41) is 0.824. The van der Waals surface area contributed by atoms with E-state index in [-0.39, 0.29) is 17.6 Å². The fourth-order valence-corrected chi connectivity index (χ4v) is 5.47. The largest absolute Gasteiger partial charge is 0.454 e. The molecule has 5 rings (SSSR count). The number of benzene rings is 2. The van der Waals surface area contributed by atoms with Gasteiger partial charge in [0.1, 0.15) is 4.90 Å². The van der Waals surface area contributed by atoms with Gasteiger partial charge in [0.2, 0.25) is 16.8 Å². The monoisotopic (exact) mass is 382 g/mol. The molecule has 2 aliphatic heterocycles. The Labute approximate surface area is 157 Å². The highest BCUT2D eigenvalue weighted by Gasteiger charge is 2.34. The fourth-order valence-electron chi connectivity index (χ4n) is 3.81. The summed E-state index contributed by atoms with van der Waals surface area (Å²) in [7, 11) is -3.60. The number of aromatic nitrogens is 1. The molecule has 3 heterocycles. The first-order chi connectivity index (χ1) is 13.1. The molecule has 1 aromatic heterocycles. The molecule has 0 radical (unpaired) electrons. The summed E-state index contributed by atoms with van der Waals surface area (Å²) in [5.74, 6) is 1.60. The lowest BCUT2D eigenvalue weighted by atomic mass is 9.98. The highest BCUT2D eigenvalue weighted by atomic mass is 32.2. The molecule has 1 unspecified atom stereocenters. The molecular formula is C20H18N2O4S. The summed E-state index contributed by atoms with van der Waals surface area (Å²) >= 11 is 0. The van der Waals surface area contributed by atoms with Crippen molar-refractivity contribution in [1.29, 1.82) is 0 Å². The van der Waals surface area contributed by atoms with E-state index in [1.54, 1.807) is 22.6 Å². The van der Waals surface area contributed by atoms with Crippen molar-refractivity contribution in [3.05, 3.63) is 60.3 Å². The Kier molecular flexibility index (Phi) is 3.80. The van der Waals surface area contributed by atoms with Crippen LogP contribution in [0.2, 0.25) is 0 Å². The zero-order valence-corrected chi connectivity index (χ0v) is 15.4. The van der Waals surface area contributed by atoms with Gasteiger partial charge in [-0.05, 0) is 42.2 Å². The van der Waals surface area contributed by atoms with Crippen LogP contribution in [0.25, 0.3) is 10.9 Å². The van der Waals surface area contributed by atoms with E-state index in [2.05, 4.69) is 4.98 Å². The lowest BCUT2D eigenvalue weighted by molar-refractivity contribution is 0.174. The Hall–Kier alpha value is -2.64. The van der Waals surface area contributed by atoms with Crippen molar-refractivity contribution in [2.45, 2.75) is 17.2 Å². The maximum atomic E-state index is 13.3. The molecule has 0 amide bonds. The molecule has 0 bridgehead atoms. The van der Waals surface area contributed by atoms with Crippen LogP contribution < -0.4 is 9.47 Å². The molecule has 6 nitrogen and oxygen atoms in total. The van der Waals surface area contributed by atoms with E-state index < -0.39 is 10.0 Å². The summed E-state index contributed by atoms with van der Waals surface area (Å²) < 4.78 is 38.9. The minimum atomic E-state index is -3.60. The zero-order valence-electron chi connectivity index (χ0n) is 14.5. The predicted molar refractivity (Wildman–Crippen MR) is 100 cm³/mol. The van der Waals surface area contributed by atoms with Gasteiger partial charge in [-0.3, -0.25) is 4.98 Å². The second-order valence-electron chi connectivity index (χ2n) is 6.79. The molecule has 27 heavy (non-hydrogen) atoms. The van der Waals surface area contributed by atoms with Crippen LogP contribution in [0.1, 0.15) is 17.9 Å². The zero-order chi connectivity index (χ0) is 18.4. The number of hydrogen-bond acceptors (Lipinski definition) is 5. The number of pyridine rings is 1. The number of ether oxygens (including phenoxy) is 2. The number of rotatable bonds is 3. The lowest BCUT2D eigenvalue weighted by Gasteiger charge is -2.18. The van der Waals surface area contributed by atoms with Crippen molar-refractivity contribution in [1.82, 2.24) is 9.29 Å². The third-order valence-corrected chi connectivity index (χ3v) is 7.13. The number of fused-ring (bicyclic) bond motifs is 2. The minimum Gasteiger partial charge on any atom is -0.454 e. The highest BCUT2D eigenvalue weighted by Crippen LogP contribution is 2.38. The smallest absolute Gasteiger partial charge is 0.245 e. The molecule has 138 valence electrons. The van der Waals surface area contributed by atoms with Crippen molar-refractivity contribution in [3.8, 4) is 11.5 Å². The van der Waals surface area contributed by atoms with Crippen molar-refractivity contribution in [2.75, 3.05) is 19.9 Å². The van der Waals surface area contributed by atoms with Crippen molar-refractivity contribution >= 4 is 20.9 Å². The fraction of sp³-hybridized carbons (Fsp3) is 0.250. The van der Waals surface area contributed by atoms with Crippen molar-refractivity contribution < 1.29 is 17.9 Å². The van der Waals surface area contributed by atoms with Gasteiger partial charge in [-0.25, -0.2) is 8.42 Å². The molecule has 0 spiro atoms. The molecular weight excluding hydrogens is 364 g/mol. The lowest BCUT2D eigenvalue weighted by Crippen LogP contribution is -2.29. The number of nitrogens with zero attached hydrogens (tertiary/aromatic N) is 2. The van der Waals surface area contributed by atoms with Crippen LogP contribution in [0.15, 0.2) is 59.6 Å². The quantitative estimate of drug-likeness (QED) is 0.696. The van der Waals surface area contributed by atoms with Gasteiger partial charge in [0.25, 0.3) is 0 Å². The first-order valence-electron chi connectivity index (χ1n) is 8.86. The SMILES string of the molecule is O=S(=O)(c1cccc2cccnc12)N1CCC(c2ccc3c(c2)OCO3)C1. The van der Waals surface area contributed by atoms with E-state index in [0.29, 0.717) is 18.6 Å². The Morgan fingerprint density at radius 1 is 1.04 bits per heavy atom. The normalized spacial score (nSPS) is 19.6. The Bertz CT molecular complexity index is 1120. The molecule has 0 saturated carbocycles. The average molecular weight is 382 g/mol. The van der Waals surface area contributed by atoms with Gasteiger partial charge >= 0.3 is 0 Å². The van der Waals surface area contributed by atoms with E-state index in [4.69, 9.17) is 9.47 Å². The maximum Gasteiger partial charge on any atom is 0.245 e. The summed E-state index contributed by atoms with van der Waals surface area (Å²) in [4.78, 5) is 4.57. The topological polar surface area (TPSA) is 68.7 Å². The van der Waals surface area contributed by atoms with E-state index in [0.717, 1.165) is 28.9 Å². The summed E-state index contributed by atoms with van der Waals surface area (Å²) in [5.41, 5.74) is 1.60. The van der Waals surface area contributed by atoms with Crippen LogP contribution in [-0.2, 0) is 10.0 Å². The van der Waals surface area contributed by atoms with Gasteiger partial charge in [0, 0.05) is 24.7 Å². The second-order valence-corrected chi connectivity index (χ2v) is 8.70. The summed E-state index contributed by atoms with van der Waals surface area (Å²) in [6.07, 6.45) is 2.40. The molecule has 2 aliphatic rings. The van der Waals surface area contributed by atoms with E-state index in [1.807, 2.05) is 36.4 Å². The first kappa shape index (κ1) is 16.5. The van der Waals surface area contributed by atoms with Crippen LogP contribution in [-0.4, -0.2) is 37.6 Å². The van der Waals surface area contributed by atoms with Crippen LogP contribution in [0, 0.1) is 0 Å². The molecule has 1 saturated heterocycles. The number of hydrogen-bond donors (Lipinski definition) is 0. The molecule has 1 atom stereocenters. The van der Waals surface area contributed by atoms with Gasteiger partial charge < -0.3 is 9.47 Å². The molecule has 3 aromatic rings. The van der Waals surface area contributed by atoms with E-state index in [9.17, 15) is 8.42 Å². The van der Waals surface area contributed by atoms with Gasteiger partial charge in [-0.2, -0.15) is 4.31 Å². The molecule has 2 aromatic carbocycles. The summed E-state index contributed by atoms with van der Waals surface area (Å²) in [6.45, 7) is 1.17. The predicted octanol–water partition coefficient (Wildman–Crippen LogP) is 3.14. The van der Waals surface area contributed by atoms with Gasteiger partial charge in [0.15, 0.2) is 11.5 Å². The van der Waals surface area contributed by atoms with E-state index >= 15 is 0 Å². The average Bonchev–Trinajstić information content (AvgIpc) is 3.36. The Morgan fingerprint density at radius 3 is 2.81 bits per heavy atom. The maximum absolute atomic E-state index is 13.3. The van der Waals surface area contributed by atoms with Crippen molar-refractivity contribution in [3.63, 3.8) is 0 Å². The third-order valence-electron chi connectivity index (χ3n) is 5.23. The second kappa shape index (κ2) is 6.21. The van der Waals surface area contributed by atoms with Gasteiger partial charge in [0.05, 0.1) is 5.52 Å². The van der Waals surface area contributed by atoms with Gasteiger partial charge in [-0.1, -0.05) is 24.3 Å². The van der Waals surface area contributed by atoms with Crippen LogP contribution in [0.5, 0.6) is 11.5 Å². The first-order valence-corrected chi connectivity index (χ1v) is 10.3. The third kappa shape index (κ3) is 2.74. The Balaban J connectivity index is 1.45. The minimum absolute atomic E-state index is 0.136. The highest BCUT2D eigenvalue weighted by molar-refractivity contribution is 7.89. The number of para-hydroxylation sites is 1. The standard InChI is InChI=1S/C20H18N2O4S/c23-27(24,19-5-1-3-14-4-2-9-21-20(14)19)22-10-8-16(12-22)15-6-7-17-18(11-15)26-13-25-17/h1-7,9,11,16H,8,10,12-13H2. The molecule has 0 N–H and O–H groups in total. The Morgan fingerprint density at radius 2 is 1.89 bits per heavy atom. The molecule has 7 heteroatoms. The van der Waals surface area contributed by atoms with Crippen LogP contribution in [0.3, 0.4) is 0 Å². The summed E-state index contributed by atoms with van der Waals surface area (Å²) in [6, 6.07) is 14.8. The van der Waals surface area contributed by atoms with Crippen molar-refractivity contribution in [2.24, 2.45) is 0 Å².